The first-order chi connectivity index (χ1) is 9.06. The van der Waals surface area contributed by atoms with Gasteiger partial charge in [0, 0.05) is 0 Å². The average Bonchev–Trinajstić information content (AvgIpc) is 2.71. The third-order valence-corrected chi connectivity index (χ3v) is 3.80. The zero-order valence-electron chi connectivity index (χ0n) is 11.7. The molecule has 1 amide bonds. The largest absolute Gasteiger partial charge is 0.460 e. The maximum absolute atomic E-state index is 11.9. The van der Waals surface area contributed by atoms with Crippen molar-refractivity contribution in [3.63, 3.8) is 0 Å². The van der Waals surface area contributed by atoms with Gasteiger partial charge >= 0.3 is 12.1 Å². The standard InChI is InChI=1S/C14H23NO4/c1-9(2)18-13(16)12-11(15-14(17)19-12)8-10-6-4-3-5-7-10/h9-12H,3-8H2,1-2H3,(H,15,17). The first-order valence-electron chi connectivity index (χ1n) is 7.24. The second-order valence-corrected chi connectivity index (χ2v) is 5.80. The molecule has 1 N–H and O–H groups in total. The summed E-state index contributed by atoms with van der Waals surface area (Å²) in [5.41, 5.74) is 0. The second-order valence-electron chi connectivity index (χ2n) is 5.80. The molecule has 1 aliphatic heterocycles. The third kappa shape index (κ3) is 3.85. The van der Waals surface area contributed by atoms with Crippen molar-refractivity contribution in [1.29, 1.82) is 0 Å². The molecule has 1 heterocycles. The van der Waals surface area contributed by atoms with Gasteiger partial charge < -0.3 is 14.8 Å². The average molecular weight is 269 g/mol. The van der Waals surface area contributed by atoms with Crippen LogP contribution in [0.2, 0.25) is 0 Å². The molecule has 2 atom stereocenters. The van der Waals surface area contributed by atoms with E-state index < -0.39 is 18.2 Å². The lowest BCUT2D eigenvalue weighted by Gasteiger charge is -2.25. The maximum Gasteiger partial charge on any atom is 0.408 e. The van der Waals surface area contributed by atoms with Gasteiger partial charge in [-0.2, -0.15) is 0 Å². The molecule has 5 heteroatoms. The fourth-order valence-electron chi connectivity index (χ4n) is 2.93. The number of hydrogen-bond acceptors (Lipinski definition) is 4. The molecule has 2 rings (SSSR count). The van der Waals surface area contributed by atoms with E-state index in [0.29, 0.717) is 5.92 Å². The molecule has 1 saturated heterocycles. The van der Waals surface area contributed by atoms with Crippen molar-refractivity contribution in [3.8, 4) is 0 Å². The van der Waals surface area contributed by atoms with Crippen LogP contribution in [-0.4, -0.2) is 30.3 Å². The van der Waals surface area contributed by atoms with Crippen molar-refractivity contribution in [2.45, 2.75) is 70.6 Å². The normalized spacial score (nSPS) is 28.1. The topological polar surface area (TPSA) is 64.6 Å². The number of amides is 1. The quantitative estimate of drug-likeness (QED) is 0.796. The minimum atomic E-state index is -0.781. The van der Waals surface area contributed by atoms with Crippen LogP contribution in [0.15, 0.2) is 0 Å². The first kappa shape index (κ1) is 14.2. The predicted molar refractivity (Wildman–Crippen MR) is 69.6 cm³/mol. The van der Waals surface area contributed by atoms with Crippen LogP contribution in [0.25, 0.3) is 0 Å². The van der Waals surface area contributed by atoms with Crippen LogP contribution in [0.5, 0.6) is 0 Å². The van der Waals surface area contributed by atoms with E-state index in [1.54, 1.807) is 13.8 Å². The van der Waals surface area contributed by atoms with Gasteiger partial charge in [0.1, 0.15) is 0 Å². The van der Waals surface area contributed by atoms with E-state index in [1.165, 1.54) is 32.1 Å². The summed E-state index contributed by atoms with van der Waals surface area (Å²) in [7, 11) is 0. The minimum Gasteiger partial charge on any atom is -0.460 e. The molecular formula is C14H23NO4. The summed E-state index contributed by atoms with van der Waals surface area (Å²) in [6, 6.07) is -0.234. The second kappa shape index (κ2) is 6.26. The highest BCUT2D eigenvalue weighted by molar-refractivity contribution is 5.83. The number of carbonyl (C=O) groups excluding carboxylic acids is 2. The number of carbonyl (C=O) groups is 2. The SMILES string of the molecule is CC(C)OC(=O)C1OC(=O)NC1CC1CCCCC1. The summed E-state index contributed by atoms with van der Waals surface area (Å²) in [4.78, 5) is 23.3. The lowest BCUT2D eigenvalue weighted by Crippen LogP contribution is -2.40. The third-order valence-electron chi connectivity index (χ3n) is 3.80. The molecule has 5 nitrogen and oxygen atoms in total. The predicted octanol–water partition coefficient (Wildman–Crippen LogP) is 2.39. The number of nitrogens with one attached hydrogen (secondary N) is 1. The monoisotopic (exact) mass is 269 g/mol. The van der Waals surface area contributed by atoms with E-state index in [1.807, 2.05) is 0 Å². The Kier molecular flexibility index (Phi) is 4.66. The number of alkyl carbamates (subject to hydrolysis) is 1. The van der Waals surface area contributed by atoms with E-state index in [0.717, 1.165) is 6.42 Å². The van der Waals surface area contributed by atoms with Crippen LogP contribution in [0.3, 0.4) is 0 Å². The Hall–Kier alpha value is -1.26. The first-order valence-corrected chi connectivity index (χ1v) is 7.24. The van der Waals surface area contributed by atoms with Crippen molar-refractivity contribution >= 4 is 12.1 Å². The molecule has 1 aliphatic carbocycles. The number of ether oxygens (including phenoxy) is 2. The fourth-order valence-corrected chi connectivity index (χ4v) is 2.93. The van der Waals surface area contributed by atoms with Gasteiger partial charge in [-0.15, -0.1) is 0 Å². The van der Waals surface area contributed by atoms with Gasteiger partial charge in [0.2, 0.25) is 6.10 Å². The Labute approximate surface area is 114 Å². The zero-order chi connectivity index (χ0) is 13.8. The summed E-state index contributed by atoms with van der Waals surface area (Å²) in [5, 5.41) is 2.74. The van der Waals surface area contributed by atoms with Gasteiger partial charge in [0.25, 0.3) is 0 Å². The molecule has 2 aliphatic rings. The Balaban J connectivity index is 1.92. The van der Waals surface area contributed by atoms with Crippen LogP contribution in [0.1, 0.15) is 52.4 Å². The molecule has 108 valence electrons. The van der Waals surface area contributed by atoms with Crippen molar-refractivity contribution < 1.29 is 19.1 Å². The summed E-state index contributed by atoms with van der Waals surface area (Å²) in [5.74, 6) is 0.143. The molecule has 1 saturated carbocycles. The van der Waals surface area contributed by atoms with Crippen molar-refractivity contribution in [1.82, 2.24) is 5.32 Å². The fraction of sp³-hybridized carbons (Fsp3) is 0.857. The summed E-state index contributed by atoms with van der Waals surface area (Å²) in [6.45, 7) is 3.58. The Bertz CT molecular complexity index is 336. The van der Waals surface area contributed by atoms with Crippen LogP contribution >= 0.6 is 0 Å². The van der Waals surface area contributed by atoms with Gasteiger partial charge in [-0.25, -0.2) is 9.59 Å². The molecule has 2 fully saturated rings. The van der Waals surface area contributed by atoms with Gasteiger partial charge in [0.05, 0.1) is 12.1 Å². The number of hydrogen-bond donors (Lipinski definition) is 1. The van der Waals surface area contributed by atoms with Gasteiger partial charge in [-0.3, -0.25) is 0 Å². The van der Waals surface area contributed by atoms with Gasteiger partial charge in [-0.1, -0.05) is 32.1 Å². The van der Waals surface area contributed by atoms with Crippen LogP contribution < -0.4 is 5.32 Å². The molecular weight excluding hydrogens is 246 g/mol. The smallest absolute Gasteiger partial charge is 0.408 e. The van der Waals surface area contributed by atoms with Gasteiger partial charge in [0.15, 0.2) is 0 Å². The summed E-state index contributed by atoms with van der Waals surface area (Å²) < 4.78 is 10.2. The highest BCUT2D eigenvalue weighted by Gasteiger charge is 2.41. The number of rotatable bonds is 4. The Morgan fingerprint density at radius 2 is 2.05 bits per heavy atom. The molecule has 19 heavy (non-hydrogen) atoms. The molecule has 0 aromatic rings. The molecule has 0 bridgehead atoms. The van der Waals surface area contributed by atoms with Gasteiger partial charge in [-0.05, 0) is 26.2 Å². The number of cyclic esters (lactones) is 1. The molecule has 0 radical (unpaired) electrons. The highest BCUT2D eigenvalue weighted by Crippen LogP contribution is 2.29. The van der Waals surface area contributed by atoms with Crippen LogP contribution in [0, 0.1) is 5.92 Å². The minimum absolute atomic E-state index is 0.192. The zero-order valence-corrected chi connectivity index (χ0v) is 11.7. The van der Waals surface area contributed by atoms with E-state index >= 15 is 0 Å². The van der Waals surface area contributed by atoms with Crippen LogP contribution in [0.4, 0.5) is 4.79 Å². The van der Waals surface area contributed by atoms with Crippen LogP contribution in [-0.2, 0) is 14.3 Å². The molecule has 0 aromatic heterocycles. The molecule has 0 spiro atoms. The maximum atomic E-state index is 11.9. The van der Waals surface area contributed by atoms with E-state index in [4.69, 9.17) is 9.47 Å². The summed E-state index contributed by atoms with van der Waals surface area (Å²) in [6.07, 6.45) is 5.47. The number of esters is 1. The van der Waals surface area contributed by atoms with E-state index in [-0.39, 0.29) is 12.1 Å². The van der Waals surface area contributed by atoms with Crippen molar-refractivity contribution in [3.05, 3.63) is 0 Å². The van der Waals surface area contributed by atoms with Crippen molar-refractivity contribution in [2.24, 2.45) is 5.92 Å². The lowest BCUT2D eigenvalue weighted by atomic mass is 9.84. The Morgan fingerprint density at radius 3 is 2.68 bits per heavy atom. The molecule has 2 unspecified atom stereocenters. The van der Waals surface area contributed by atoms with E-state index in [2.05, 4.69) is 5.32 Å². The highest BCUT2D eigenvalue weighted by atomic mass is 16.6. The van der Waals surface area contributed by atoms with E-state index in [9.17, 15) is 9.59 Å². The lowest BCUT2D eigenvalue weighted by molar-refractivity contribution is -0.156. The van der Waals surface area contributed by atoms with Crippen molar-refractivity contribution in [2.75, 3.05) is 0 Å². The summed E-state index contributed by atoms with van der Waals surface area (Å²) >= 11 is 0. The molecule has 0 aromatic carbocycles. The Morgan fingerprint density at radius 1 is 1.37 bits per heavy atom.